The van der Waals surface area contributed by atoms with Gasteiger partial charge in [-0.3, -0.25) is 24.5 Å². The Balaban J connectivity index is 0.000000234. The zero-order valence-corrected chi connectivity index (χ0v) is 41.0. The van der Waals surface area contributed by atoms with Crippen molar-refractivity contribution < 1.29 is 36.9 Å². The number of amides is 3. The molecule has 6 aromatic carbocycles. The second-order valence-corrected chi connectivity index (χ2v) is 17.7. The molecule has 22 heteroatoms. The van der Waals surface area contributed by atoms with Crippen LogP contribution in [0.25, 0.3) is 0 Å². The van der Waals surface area contributed by atoms with Crippen LogP contribution in [0.5, 0.6) is 5.75 Å². The first kappa shape index (κ1) is 54.9. The fourth-order valence-corrected chi connectivity index (χ4v) is 8.05. The summed E-state index contributed by atoms with van der Waals surface area (Å²) in [7, 11) is -2.40. The Morgan fingerprint density at radius 2 is 1.17 bits per heavy atom. The van der Waals surface area contributed by atoms with Crippen molar-refractivity contribution in [3.05, 3.63) is 169 Å². The first-order chi connectivity index (χ1) is 32.9. The Morgan fingerprint density at radius 1 is 0.609 bits per heavy atom. The maximum absolute atomic E-state index is 13.5. The second-order valence-electron chi connectivity index (χ2n) is 14.1. The van der Waals surface area contributed by atoms with Crippen LogP contribution in [0.1, 0.15) is 13.8 Å². The van der Waals surface area contributed by atoms with Crippen LogP contribution in [0.4, 0.5) is 44.2 Å². The van der Waals surface area contributed by atoms with E-state index < -0.39 is 26.7 Å². The molecule has 16 nitrogen and oxygen atoms in total. The van der Waals surface area contributed by atoms with Crippen LogP contribution in [0.2, 0.25) is 20.1 Å². The predicted octanol–water partition coefficient (Wildman–Crippen LogP) is 10.9. The van der Waals surface area contributed by atoms with Crippen molar-refractivity contribution >= 4 is 114 Å². The number of benzene rings is 6. The van der Waals surface area contributed by atoms with E-state index in [2.05, 4.69) is 31.9 Å². The summed E-state index contributed by atoms with van der Waals surface area (Å²) in [6, 6.07) is 35.7. The van der Waals surface area contributed by atoms with E-state index in [9.17, 15) is 37.3 Å². The van der Waals surface area contributed by atoms with Gasteiger partial charge in [0.15, 0.2) is 0 Å². The molecule has 0 aliphatic carbocycles. The molecule has 0 saturated carbocycles. The lowest BCUT2D eigenvalue weighted by molar-refractivity contribution is -0.385. The zero-order chi connectivity index (χ0) is 50.5. The van der Waals surface area contributed by atoms with Gasteiger partial charge >= 0.3 is 0 Å². The van der Waals surface area contributed by atoms with E-state index in [0.717, 1.165) is 29.3 Å². The molecule has 6 aromatic rings. The van der Waals surface area contributed by atoms with Crippen molar-refractivity contribution in [3.63, 3.8) is 0 Å². The van der Waals surface area contributed by atoms with Crippen LogP contribution < -0.4 is 36.6 Å². The fraction of sp³-hybridized carbons (Fsp3) is 0.170. The van der Waals surface area contributed by atoms with Crippen LogP contribution in [-0.2, 0) is 24.4 Å². The SMILES string of the molecule is CCN(CC)S(=O)(=O)c1cc([N+](=O)[O-])ccc1NCC(=O)Nc1ccc(Cl)c(Cl)c1.COc1cccc(NCC(=O)Nc2ccc(Cl)cc2)c1.O=C(CNc1ccccc1)Nc1ccc(Cl)cc1F. The molecular weight excluding hydrogens is 997 g/mol. The first-order valence-electron chi connectivity index (χ1n) is 20.7. The average molecular weight is 1040 g/mol. The summed E-state index contributed by atoms with van der Waals surface area (Å²) in [6.07, 6.45) is 0. The van der Waals surface area contributed by atoms with Crippen molar-refractivity contribution in [2.24, 2.45) is 0 Å². The summed E-state index contributed by atoms with van der Waals surface area (Å²) >= 11 is 23.2. The summed E-state index contributed by atoms with van der Waals surface area (Å²) in [4.78, 5) is 45.8. The smallest absolute Gasteiger partial charge is 0.270 e. The number of non-ortho nitro benzene ring substituents is 1. The highest BCUT2D eigenvalue weighted by Gasteiger charge is 2.27. The zero-order valence-electron chi connectivity index (χ0n) is 37.2. The Bertz CT molecular complexity index is 2810. The molecule has 364 valence electrons. The van der Waals surface area contributed by atoms with E-state index in [-0.39, 0.29) is 76.5 Å². The number of anilines is 6. The minimum Gasteiger partial charge on any atom is -0.497 e. The highest BCUT2D eigenvalue weighted by molar-refractivity contribution is 7.89. The minimum absolute atomic E-state index is 0.0616. The lowest BCUT2D eigenvalue weighted by Gasteiger charge is -2.20. The van der Waals surface area contributed by atoms with Gasteiger partial charge in [0.25, 0.3) is 5.69 Å². The van der Waals surface area contributed by atoms with E-state index in [1.54, 1.807) is 51.3 Å². The lowest BCUT2D eigenvalue weighted by Crippen LogP contribution is -2.31. The van der Waals surface area contributed by atoms with Gasteiger partial charge in [-0.1, -0.05) is 84.5 Å². The van der Waals surface area contributed by atoms with Crippen LogP contribution in [0.15, 0.2) is 138 Å². The van der Waals surface area contributed by atoms with Gasteiger partial charge < -0.3 is 36.6 Å². The maximum atomic E-state index is 13.5. The molecule has 0 fully saturated rings. The summed E-state index contributed by atoms with van der Waals surface area (Å²) in [5, 5.41) is 29.2. The number of carbonyl (C=O) groups is 3. The van der Waals surface area contributed by atoms with Crippen molar-refractivity contribution in [2.75, 3.05) is 71.7 Å². The van der Waals surface area contributed by atoms with Gasteiger partial charge in [0.2, 0.25) is 27.7 Å². The Morgan fingerprint density at radius 3 is 1.78 bits per heavy atom. The number of nitrogens with one attached hydrogen (secondary N) is 6. The fourth-order valence-electron chi connectivity index (χ4n) is 5.82. The van der Waals surface area contributed by atoms with Crippen LogP contribution in [0.3, 0.4) is 0 Å². The van der Waals surface area contributed by atoms with Crippen LogP contribution in [0, 0.1) is 15.9 Å². The number of para-hydroxylation sites is 1. The molecule has 0 radical (unpaired) electrons. The van der Waals surface area contributed by atoms with Gasteiger partial charge in [0, 0.05) is 64.1 Å². The van der Waals surface area contributed by atoms with E-state index >= 15 is 0 Å². The molecule has 6 rings (SSSR count). The molecule has 0 spiro atoms. The molecular formula is C47H47Cl4FN8O8S. The normalized spacial score (nSPS) is 10.6. The molecule has 0 aromatic heterocycles. The summed E-state index contributed by atoms with van der Waals surface area (Å²) in [6.45, 7) is 3.67. The molecule has 0 aliphatic heterocycles. The maximum Gasteiger partial charge on any atom is 0.270 e. The van der Waals surface area contributed by atoms with Crippen molar-refractivity contribution in [3.8, 4) is 5.75 Å². The molecule has 0 heterocycles. The first-order valence-corrected chi connectivity index (χ1v) is 23.6. The van der Waals surface area contributed by atoms with Gasteiger partial charge in [-0.05, 0) is 91.0 Å². The summed E-state index contributed by atoms with van der Waals surface area (Å²) in [5.74, 6) is -0.744. The third-order valence-electron chi connectivity index (χ3n) is 9.22. The molecule has 0 aliphatic rings. The van der Waals surface area contributed by atoms with Crippen LogP contribution in [-0.4, -0.2) is 75.2 Å². The number of halogens is 5. The summed E-state index contributed by atoms with van der Waals surface area (Å²) in [5.41, 5.74) is 2.61. The molecule has 6 N–H and O–H groups in total. The van der Waals surface area contributed by atoms with Gasteiger partial charge in [0.1, 0.15) is 16.5 Å². The number of hydrogen-bond donors (Lipinski definition) is 6. The number of carbonyl (C=O) groups excluding carboxylic acids is 3. The Labute approximate surface area is 418 Å². The van der Waals surface area contributed by atoms with Crippen molar-refractivity contribution in [1.82, 2.24) is 4.31 Å². The van der Waals surface area contributed by atoms with Gasteiger partial charge in [-0.25, -0.2) is 12.8 Å². The monoisotopic (exact) mass is 1040 g/mol. The number of rotatable bonds is 18. The average Bonchev–Trinajstić information content (AvgIpc) is 3.33. The predicted molar refractivity (Wildman–Crippen MR) is 273 cm³/mol. The number of sulfonamides is 1. The third kappa shape index (κ3) is 18.1. The van der Waals surface area contributed by atoms with E-state index in [4.69, 9.17) is 51.1 Å². The molecule has 0 saturated heterocycles. The summed E-state index contributed by atoms with van der Waals surface area (Å²) < 4.78 is 45.6. The van der Waals surface area contributed by atoms with Gasteiger partial charge in [-0.15, -0.1) is 0 Å². The molecule has 3 amide bonds. The number of nitro groups is 1. The minimum atomic E-state index is -4.00. The highest BCUT2D eigenvalue weighted by atomic mass is 35.5. The molecule has 0 bridgehead atoms. The van der Waals surface area contributed by atoms with E-state index in [0.29, 0.717) is 21.4 Å². The molecule has 69 heavy (non-hydrogen) atoms. The second kappa shape index (κ2) is 27.4. The Kier molecular flexibility index (Phi) is 21.8. The third-order valence-corrected chi connectivity index (χ3v) is 12.5. The van der Waals surface area contributed by atoms with Crippen LogP contribution >= 0.6 is 46.4 Å². The molecule has 0 unspecified atom stereocenters. The van der Waals surface area contributed by atoms with E-state index in [1.165, 1.54) is 40.7 Å². The van der Waals surface area contributed by atoms with Crippen molar-refractivity contribution in [1.29, 1.82) is 0 Å². The largest absolute Gasteiger partial charge is 0.497 e. The number of ether oxygens (including phenoxy) is 1. The highest BCUT2D eigenvalue weighted by Crippen LogP contribution is 2.30. The van der Waals surface area contributed by atoms with E-state index in [1.807, 2.05) is 54.6 Å². The number of methoxy groups -OCH3 is 1. The lowest BCUT2D eigenvalue weighted by atomic mass is 10.2. The topological polar surface area (TPSA) is 213 Å². The number of nitrogens with zero attached hydrogens (tertiary/aromatic N) is 2. The number of nitro benzene ring substituents is 1. The molecule has 0 atom stereocenters. The number of hydrogen-bond acceptors (Lipinski definition) is 11. The van der Waals surface area contributed by atoms with Gasteiger partial charge in [0.05, 0.1) is 53.1 Å². The Hall–Kier alpha value is -6.67. The van der Waals surface area contributed by atoms with Crippen molar-refractivity contribution in [2.45, 2.75) is 18.7 Å². The standard InChI is InChI=1S/C18H20Cl2N4O5S.C15H15ClN2O2.C14H12ClFN2O/c1-3-23(4-2)30(28,29)17-10-13(24(26)27)6-8-16(17)21-11-18(25)22-12-5-7-14(19)15(20)9-12;1-20-14-4-2-3-13(9-14)17-10-15(19)18-12-7-5-11(16)6-8-12;15-10-6-7-13(12(16)8-10)18-14(19)9-17-11-4-2-1-3-5-11/h5-10,21H,3-4,11H2,1-2H3,(H,22,25);2-9,17H,10H2,1H3,(H,18,19);1-8,17H,9H2,(H,18,19). The van der Waals surface area contributed by atoms with Gasteiger partial charge in [-0.2, -0.15) is 4.31 Å². The quantitative estimate of drug-likeness (QED) is 0.0352.